The average molecular weight is 461 g/mol. The average Bonchev–Trinajstić information content (AvgIpc) is 3.02. The van der Waals surface area contributed by atoms with E-state index in [1.54, 1.807) is 12.2 Å². The maximum Gasteiger partial charge on any atom is 0.306 e. The Balaban J connectivity index is 1.53. The molecule has 8 nitrogen and oxygen atoms in total. The molecule has 0 spiro atoms. The lowest BCUT2D eigenvalue weighted by Gasteiger charge is -2.59. The van der Waals surface area contributed by atoms with Crippen LogP contribution in [0.2, 0.25) is 0 Å². The molecule has 0 aromatic carbocycles. The van der Waals surface area contributed by atoms with Crippen molar-refractivity contribution in [2.75, 3.05) is 6.61 Å². The van der Waals surface area contributed by atoms with Gasteiger partial charge in [0.05, 0.1) is 18.9 Å². The number of hydrogen-bond acceptors (Lipinski definition) is 7. The summed E-state index contributed by atoms with van der Waals surface area (Å²) in [6, 6.07) is 0. The molecule has 3 fully saturated rings. The van der Waals surface area contributed by atoms with Crippen LogP contribution >= 0.6 is 0 Å². The van der Waals surface area contributed by atoms with Crippen molar-refractivity contribution in [2.45, 2.75) is 70.5 Å². The van der Waals surface area contributed by atoms with Gasteiger partial charge in [-0.2, -0.15) is 0 Å². The summed E-state index contributed by atoms with van der Waals surface area (Å²) in [7, 11) is 0. The fourth-order valence-corrected chi connectivity index (χ4v) is 7.34. The summed E-state index contributed by atoms with van der Waals surface area (Å²) in [4.78, 5) is 47.4. The van der Waals surface area contributed by atoms with Gasteiger partial charge >= 0.3 is 11.9 Å². The normalized spacial score (nSPS) is 41.5. The van der Waals surface area contributed by atoms with Crippen molar-refractivity contribution in [3.05, 3.63) is 23.8 Å². The molecule has 0 aliphatic heterocycles. The number of carboxylic acid groups (broad SMARTS) is 1. The number of aliphatic hydroxyl groups excluding tert-OH is 1. The lowest BCUT2D eigenvalue weighted by atomic mass is 9.46. The quantitative estimate of drug-likeness (QED) is 0.512. The molecule has 4 aliphatic carbocycles. The van der Waals surface area contributed by atoms with E-state index in [1.807, 2.05) is 13.0 Å². The minimum absolute atomic E-state index is 0.00645. The van der Waals surface area contributed by atoms with Crippen LogP contribution < -0.4 is 0 Å². The number of Topliss-reactive ketones (excluding diaryl/α,β-unsaturated/α-hetero) is 1. The molecule has 3 saturated carbocycles. The monoisotopic (exact) mass is 460 g/mol. The first-order valence-electron chi connectivity index (χ1n) is 11.7. The van der Waals surface area contributed by atoms with Gasteiger partial charge in [0.25, 0.3) is 0 Å². The molecule has 4 aliphatic rings. The number of hydrogen-bond donors (Lipinski definition) is 3. The van der Waals surface area contributed by atoms with Gasteiger partial charge in [-0.3, -0.25) is 19.2 Å². The maximum atomic E-state index is 13.1. The van der Waals surface area contributed by atoms with E-state index >= 15 is 0 Å². The van der Waals surface area contributed by atoms with Crippen LogP contribution in [0.15, 0.2) is 23.8 Å². The second-order valence-corrected chi connectivity index (χ2v) is 10.6. The first-order chi connectivity index (χ1) is 15.4. The number of rotatable bonds is 6. The summed E-state index contributed by atoms with van der Waals surface area (Å²) in [5, 5.41) is 31.6. The molecule has 3 N–H and O–H groups in total. The summed E-state index contributed by atoms with van der Waals surface area (Å²) in [6.45, 7) is 3.30. The van der Waals surface area contributed by atoms with Gasteiger partial charge in [0, 0.05) is 16.7 Å². The first-order valence-corrected chi connectivity index (χ1v) is 11.7. The molecule has 0 aromatic heterocycles. The SMILES string of the molecule is C[C@]12C=CC(=O)C=C1CC[C@@H]1[C@@H]2[C@H](O)C[C@@]2(C)[C@H]1CC[C@]2(O)C(=O)COC(=O)CCC(=O)O. The summed E-state index contributed by atoms with van der Waals surface area (Å²) in [5.74, 6) is -2.58. The molecule has 0 unspecified atom stereocenters. The highest BCUT2D eigenvalue weighted by atomic mass is 16.5. The van der Waals surface area contributed by atoms with E-state index in [4.69, 9.17) is 9.84 Å². The van der Waals surface area contributed by atoms with Crippen molar-refractivity contribution >= 4 is 23.5 Å². The van der Waals surface area contributed by atoms with Crippen molar-refractivity contribution in [1.82, 2.24) is 0 Å². The number of allylic oxidation sites excluding steroid dienone is 4. The van der Waals surface area contributed by atoms with Crippen LogP contribution in [0.25, 0.3) is 0 Å². The number of aliphatic hydroxyl groups is 2. The van der Waals surface area contributed by atoms with Crippen LogP contribution in [0.5, 0.6) is 0 Å². The lowest BCUT2D eigenvalue weighted by Crippen LogP contribution is -2.61. The van der Waals surface area contributed by atoms with Crippen molar-refractivity contribution in [1.29, 1.82) is 0 Å². The van der Waals surface area contributed by atoms with Crippen LogP contribution in [0.1, 0.15) is 58.8 Å². The van der Waals surface area contributed by atoms with E-state index in [1.165, 1.54) is 0 Å². The molecule has 180 valence electrons. The van der Waals surface area contributed by atoms with Gasteiger partial charge in [-0.1, -0.05) is 25.5 Å². The smallest absolute Gasteiger partial charge is 0.306 e. The van der Waals surface area contributed by atoms with E-state index in [0.717, 1.165) is 18.4 Å². The Bertz CT molecular complexity index is 950. The Labute approximate surface area is 192 Å². The minimum Gasteiger partial charge on any atom is -0.481 e. The third-order valence-corrected chi connectivity index (χ3v) is 9.02. The van der Waals surface area contributed by atoms with E-state index in [-0.39, 0.29) is 49.2 Å². The summed E-state index contributed by atoms with van der Waals surface area (Å²) >= 11 is 0. The Morgan fingerprint density at radius 3 is 2.61 bits per heavy atom. The number of aliphatic carboxylic acids is 1. The van der Waals surface area contributed by atoms with Gasteiger partial charge < -0.3 is 20.1 Å². The molecule has 33 heavy (non-hydrogen) atoms. The van der Waals surface area contributed by atoms with E-state index in [2.05, 4.69) is 6.92 Å². The van der Waals surface area contributed by atoms with E-state index < -0.39 is 46.9 Å². The van der Waals surface area contributed by atoms with Crippen molar-refractivity contribution < 1.29 is 39.2 Å². The molecule has 0 heterocycles. The third kappa shape index (κ3) is 3.67. The minimum atomic E-state index is -1.73. The molecule has 0 aromatic rings. The van der Waals surface area contributed by atoms with Gasteiger partial charge in [0.1, 0.15) is 5.60 Å². The molecule has 8 heteroatoms. The van der Waals surface area contributed by atoms with Crippen LogP contribution in [-0.4, -0.2) is 57.1 Å². The fourth-order valence-electron chi connectivity index (χ4n) is 7.34. The van der Waals surface area contributed by atoms with E-state index in [9.17, 15) is 29.4 Å². The van der Waals surface area contributed by atoms with Crippen LogP contribution in [0.3, 0.4) is 0 Å². The third-order valence-electron chi connectivity index (χ3n) is 9.02. The number of fused-ring (bicyclic) bond motifs is 5. The fraction of sp³-hybridized carbons (Fsp3) is 0.680. The molecule has 0 amide bonds. The predicted octanol–water partition coefficient (Wildman–Crippen LogP) is 1.97. The highest BCUT2D eigenvalue weighted by Crippen LogP contribution is 2.67. The number of carbonyl (C=O) groups is 4. The van der Waals surface area contributed by atoms with Crippen LogP contribution in [0, 0.1) is 28.6 Å². The van der Waals surface area contributed by atoms with Crippen molar-refractivity contribution in [3.8, 4) is 0 Å². The molecule has 7 atom stereocenters. The second kappa shape index (κ2) is 8.17. The van der Waals surface area contributed by atoms with E-state index in [0.29, 0.717) is 6.42 Å². The number of carboxylic acids is 1. The molecular weight excluding hydrogens is 428 g/mol. The Morgan fingerprint density at radius 2 is 1.91 bits per heavy atom. The zero-order valence-electron chi connectivity index (χ0n) is 19.1. The molecule has 4 rings (SSSR count). The van der Waals surface area contributed by atoms with Gasteiger partial charge in [0.2, 0.25) is 5.78 Å². The molecule has 0 radical (unpaired) electrons. The van der Waals surface area contributed by atoms with Gasteiger partial charge in [-0.15, -0.1) is 0 Å². The zero-order valence-corrected chi connectivity index (χ0v) is 19.1. The Kier molecular flexibility index (Phi) is 5.90. The van der Waals surface area contributed by atoms with Crippen molar-refractivity contribution in [2.24, 2.45) is 28.6 Å². The molecule has 0 bridgehead atoms. The largest absolute Gasteiger partial charge is 0.481 e. The predicted molar refractivity (Wildman–Crippen MR) is 116 cm³/mol. The first kappa shape index (κ1) is 23.8. The Hall–Kier alpha value is -2.32. The summed E-state index contributed by atoms with van der Waals surface area (Å²) in [6.07, 6.45) is 6.27. The number of ether oxygens (including phenoxy) is 1. The zero-order chi connectivity index (χ0) is 24.2. The summed E-state index contributed by atoms with van der Waals surface area (Å²) < 4.78 is 4.96. The summed E-state index contributed by atoms with van der Waals surface area (Å²) in [5.41, 5.74) is -1.99. The van der Waals surface area contributed by atoms with Crippen LogP contribution in [-0.2, 0) is 23.9 Å². The van der Waals surface area contributed by atoms with Gasteiger partial charge in [-0.05, 0) is 56.1 Å². The standard InChI is InChI=1S/C25H32O8/c1-23-9-7-15(26)11-14(23)3-4-16-17-8-10-25(32,24(17,2)12-18(27)22(16)23)19(28)13-33-21(31)6-5-20(29)30/h7,9,11,16-18,22,27,32H,3-6,8,10,12-13H2,1-2H3,(H,29,30)/t16-,17-,18+,22+,23-,24-,25-/m0/s1. The maximum absolute atomic E-state index is 13.1. The molecular formula is C25H32O8. The number of ketones is 2. The highest BCUT2D eigenvalue weighted by Gasteiger charge is 2.68. The molecule has 0 saturated heterocycles. The van der Waals surface area contributed by atoms with Crippen molar-refractivity contribution in [3.63, 3.8) is 0 Å². The number of carbonyl (C=O) groups excluding carboxylic acids is 3. The van der Waals surface area contributed by atoms with Gasteiger partial charge in [-0.25, -0.2) is 0 Å². The van der Waals surface area contributed by atoms with Crippen LogP contribution in [0.4, 0.5) is 0 Å². The van der Waals surface area contributed by atoms with Gasteiger partial charge in [0.15, 0.2) is 12.4 Å². The number of esters is 1. The lowest BCUT2D eigenvalue weighted by molar-refractivity contribution is -0.181. The topological polar surface area (TPSA) is 138 Å². The second-order valence-electron chi connectivity index (χ2n) is 10.6. The Morgan fingerprint density at radius 1 is 1.18 bits per heavy atom. The highest BCUT2D eigenvalue weighted by molar-refractivity contribution is 6.01.